The first-order chi connectivity index (χ1) is 18.7. The highest BCUT2D eigenvalue weighted by atomic mass is 35.5. The number of amides is 1. The number of carbonyl (C=O) groups is 2. The monoisotopic (exact) mass is 560 g/mol. The molecule has 0 bridgehead atoms. The van der Waals surface area contributed by atoms with Crippen molar-refractivity contribution in [3.05, 3.63) is 105 Å². The molecule has 7 nitrogen and oxygen atoms in total. The van der Waals surface area contributed by atoms with Crippen LogP contribution in [0.5, 0.6) is 11.5 Å². The smallest absolute Gasteiger partial charge is 0.294 e. The molecule has 2 heterocycles. The number of aliphatic hydroxyl groups excluding tert-OH is 1. The summed E-state index contributed by atoms with van der Waals surface area (Å²) in [5.74, 6) is -1.73. The van der Waals surface area contributed by atoms with Gasteiger partial charge in [0, 0.05) is 16.3 Å². The number of benzene rings is 3. The first kappa shape index (κ1) is 26.5. The Balaban J connectivity index is 1.67. The number of ether oxygens (including phenoxy) is 1. The van der Waals surface area contributed by atoms with E-state index in [0.29, 0.717) is 44.0 Å². The summed E-state index contributed by atoms with van der Waals surface area (Å²) in [4.78, 5) is 34.0. The second-order valence-electron chi connectivity index (χ2n) is 9.06. The van der Waals surface area contributed by atoms with Gasteiger partial charge in [-0.15, -0.1) is 11.3 Å². The Labute approximate surface area is 234 Å². The lowest BCUT2D eigenvalue weighted by Gasteiger charge is -2.28. The van der Waals surface area contributed by atoms with Crippen molar-refractivity contribution in [2.75, 3.05) is 11.5 Å². The first-order valence-corrected chi connectivity index (χ1v) is 13.5. The summed E-state index contributed by atoms with van der Waals surface area (Å²) in [7, 11) is 0. The number of hydrogen-bond donors (Lipinski definition) is 2. The molecule has 1 amide bonds. The number of rotatable bonds is 7. The Hall–Kier alpha value is -4.14. The van der Waals surface area contributed by atoms with Gasteiger partial charge in [0.1, 0.15) is 5.01 Å². The van der Waals surface area contributed by atoms with Gasteiger partial charge in [-0.25, -0.2) is 4.98 Å². The Morgan fingerprint density at radius 3 is 2.51 bits per heavy atom. The lowest BCUT2D eigenvalue weighted by molar-refractivity contribution is -0.117. The van der Waals surface area contributed by atoms with Crippen LogP contribution in [0, 0.1) is 13.8 Å². The van der Waals surface area contributed by atoms with Crippen molar-refractivity contribution in [2.24, 2.45) is 0 Å². The van der Waals surface area contributed by atoms with Gasteiger partial charge in [-0.05, 0) is 62.2 Å². The minimum absolute atomic E-state index is 0.0751. The van der Waals surface area contributed by atoms with Gasteiger partial charge < -0.3 is 14.9 Å². The maximum Gasteiger partial charge on any atom is 0.294 e. The normalized spacial score (nSPS) is 15.2. The number of thiazole rings is 1. The second kappa shape index (κ2) is 10.6. The molecule has 0 spiro atoms. The SMILES string of the molecule is CCOc1cc(C2C(C(=O)c3sc(-c4ccccc4)nc3C)=C(O)C(=O)N2c2ccc(Cl)cc2C)ccc1O. The van der Waals surface area contributed by atoms with Crippen LogP contribution in [0.4, 0.5) is 5.69 Å². The molecule has 1 unspecified atom stereocenters. The average molecular weight is 561 g/mol. The van der Waals surface area contributed by atoms with Crippen LogP contribution >= 0.6 is 22.9 Å². The fraction of sp³-hybridized carbons (Fsp3) is 0.167. The maximum atomic E-state index is 14.1. The van der Waals surface area contributed by atoms with E-state index in [-0.39, 0.29) is 17.1 Å². The standard InChI is InChI=1S/C30H25ClN2O5S/c1-4-38-23-15-19(10-13-22(23)34)25-24(27(36)30(37)33(25)21-12-11-20(31)14-16(21)2)26(35)28-17(3)32-29(39-28)18-8-6-5-7-9-18/h5-15,25,34,36H,4H2,1-3H3. The number of aromatic hydroxyl groups is 1. The van der Waals surface area contributed by atoms with Crippen LogP contribution in [-0.4, -0.2) is 33.5 Å². The van der Waals surface area contributed by atoms with Crippen molar-refractivity contribution >= 4 is 40.3 Å². The van der Waals surface area contributed by atoms with Gasteiger partial charge in [0.25, 0.3) is 5.91 Å². The van der Waals surface area contributed by atoms with Crippen LogP contribution in [0.1, 0.15) is 39.5 Å². The number of aliphatic hydroxyl groups is 1. The van der Waals surface area contributed by atoms with Crippen LogP contribution in [0.15, 0.2) is 78.1 Å². The number of hydrogen-bond acceptors (Lipinski definition) is 7. The van der Waals surface area contributed by atoms with Crippen molar-refractivity contribution in [3.8, 4) is 22.1 Å². The van der Waals surface area contributed by atoms with Gasteiger partial charge in [-0.2, -0.15) is 0 Å². The van der Waals surface area contributed by atoms with Crippen molar-refractivity contribution < 1.29 is 24.5 Å². The van der Waals surface area contributed by atoms with Gasteiger partial charge in [-0.1, -0.05) is 48.0 Å². The molecular weight excluding hydrogens is 536 g/mol. The first-order valence-electron chi connectivity index (χ1n) is 12.3. The summed E-state index contributed by atoms with van der Waals surface area (Å²) in [6.07, 6.45) is 0. The topological polar surface area (TPSA) is 100.0 Å². The zero-order valence-corrected chi connectivity index (χ0v) is 23.0. The van der Waals surface area contributed by atoms with Crippen molar-refractivity contribution in [2.45, 2.75) is 26.8 Å². The van der Waals surface area contributed by atoms with Crippen molar-refractivity contribution in [3.63, 3.8) is 0 Å². The second-order valence-corrected chi connectivity index (χ2v) is 10.5. The van der Waals surface area contributed by atoms with E-state index in [0.717, 1.165) is 5.56 Å². The minimum Gasteiger partial charge on any atom is -0.504 e. The molecule has 0 saturated carbocycles. The van der Waals surface area contributed by atoms with Crippen molar-refractivity contribution in [1.29, 1.82) is 0 Å². The van der Waals surface area contributed by atoms with E-state index in [1.165, 1.54) is 22.3 Å². The number of halogens is 1. The predicted molar refractivity (Wildman–Crippen MR) is 152 cm³/mol. The Kier molecular flexibility index (Phi) is 7.16. The molecule has 5 rings (SSSR count). The fourth-order valence-electron chi connectivity index (χ4n) is 4.70. The summed E-state index contributed by atoms with van der Waals surface area (Å²) in [6.45, 7) is 5.61. The van der Waals surface area contributed by atoms with E-state index in [2.05, 4.69) is 4.98 Å². The number of ketones is 1. The van der Waals surface area contributed by atoms with Crippen LogP contribution < -0.4 is 9.64 Å². The third-order valence-corrected chi connectivity index (χ3v) is 7.93. The molecule has 0 fully saturated rings. The largest absolute Gasteiger partial charge is 0.504 e. The molecule has 1 aliphatic heterocycles. The number of nitrogens with zero attached hydrogens (tertiary/aromatic N) is 2. The zero-order chi connectivity index (χ0) is 27.8. The molecule has 9 heteroatoms. The van der Waals surface area contributed by atoms with E-state index < -0.39 is 23.5 Å². The highest BCUT2D eigenvalue weighted by molar-refractivity contribution is 7.17. The number of Topliss-reactive ketones (excluding diaryl/α,β-unsaturated/α-hetero) is 1. The van der Waals surface area contributed by atoms with E-state index in [1.807, 2.05) is 30.3 Å². The summed E-state index contributed by atoms with van der Waals surface area (Å²) in [5, 5.41) is 22.7. The van der Waals surface area contributed by atoms with E-state index in [9.17, 15) is 19.8 Å². The molecule has 3 aromatic carbocycles. The molecule has 198 valence electrons. The van der Waals surface area contributed by atoms with Gasteiger partial charge in [0.15, 0.2) is 17.3 Å². The number of aromatic nitrogens is 1. The number of aryl methyl sites for hydroxylation is 2. The summed E-state index contributed by atoms with van der Waals surface area (Å²) < 4.78 is 5.58. The fourth-order valence-corrected chi connectivity index (χ4v) is 5.95. The molecule has 0 radical (unpaired) electrons. The lowest BCUT2D eigenvalue weighted by Crippen LogP contribution is -2.31. The average Bonchev–Trinajstić information content (AvgIpc) is 3.43. The highest BCUT2D eigenvalue weighted by Gasteiger charge is 2.46. The number of carbonyl (C=O) groups excluding carboxylic acids is 2. The van der Waals surface area contributed by atoms with E-state index in [1.54, 1.807) is 51.1 Å². The number of phenols is 1. The van der Waals surface area contributed by atoms with Crippen LogP contribution in [0.2, 0.25) is 5.02 Å². The molecule has 39 heavy (non-hydrogen) atoms. The highest BCUT2D eigenvalue weighted by Crippen LogP contribution is 2.46. The Bertz CT molecular complexity index is 1630. The van der Waals surface area contributed by atoms with Crippen LogP contribution in [0.25, 0.3) is 10.6 Å². The zero-order valence-electron chi connectivity index (χ0n) is 21.4. The summed E-state index contributed by atoms with van der Waals surface area (Å²) >= 11 is 7.38. The summed E-state index contributed by atoms with van der Waals surface area (Å²) in [5.41, 5.74) is 2.94. The molecule has 0 saturated heterocycles. The van der Waals surface area contributed by atoms with Gasteiger partial charge in [-0.3, -0.25) is 14.5 Å². The molecule has 2 N–H and O–H groups in total. The lowest BCUT2D eigenvalue weighted by atomic mass is 9.94. The molecule has 4 aromatic rings. The number of anilines is 1. The molecular formula is C30H25ClN2O5S. The Morgan fingerprint density at radius 2 is 1.82 bits per heavy atom. The number of phenolic OH excluding ortho intramolecular Hbond substituents is 1. The van der Waals surface area contributed by atoms with Crippen LogP contribution in [-0.2, 0) is 4.79 Å². The van der Waals surface area contributed by atoms with E-state index >= 15 is 0 Å². The third-order valence-electron chi connectivity index (χ3n) is 6.49. The quantitative estimate of drug-likeness (QED) is 0.237. The molecule has 1 aromatic heterocycles. The van der Waals surface area contributed by atoms with Gasteiger partial charge in [0.05, 0.1) is 28.8 Å². The minimum atomic E-state index is -0.994. The maximum absolute atomic E-state index is 14.1. The molecule has 1 aliphatic rings. The molecule has 0 aliphatic carbocycles. The third kappa shape index (κ3) is 4.77. The summed E-state index contributed by atoms with van der Waals surface area (Å²) in [6, 6.07) is 18.2. The van der Waals surface area contributed by atoms with Gasteiger partial charge >= 0.3 is 0 Å². The van der Waals surface area contributed by atoms with Crippen molar-refractivity contribution in [1.82, 2.24) is 4.98 Å². The molecule has 1 atom stereocenters. The van der Waals surface area contributed by atoms with E-state index in [4.69, 9.17) is 16.3 Å². The van der Waals surface area contributed by atoms with Crippen LogP contribution in [0.3, 0.4) is 0 Å². The van der Waals surface area contributed by atoms with Gasteiger partial charge in [0.2, 0.25) is 5.78 Å². The Morgan fingerprint density at radius 1 is 1.08 bits per heavy atom. The predicted octanol–water partition coefficient (Wildman–Crippen LogP) is 6.97.